The van der Waals surface area contributed by atoms with E-state index in [1.165, 1.54) is 19.0 Å². The Morgan fingerprint density at radius 1 is 1.30 bits per heavy atom. The van der Waals surface area contributed by atoms with E-state index in [9.17, 15) is 9.18 Å². The van der Waals surface area contributed by atoms with E-state index in [-0.39, 0.29) is 11.4 Å². The van der Waals surface area contributed by atoms with Gasteiger partial charge in [0.05, 0.1) is 10.7 Å². The maximum Gasteiger partial charge on any atom is 0.221 e. The number of nitrogens with one attached hydrogen (secondary N) is 2. The zero-order chi connectivity index (χ0) is 16.2. The average molecular weight is 336 g/mol. The van der Waals surface area contributed by atoms with Crippen LogP contribution in [-0.4, -0.2) is 23.5 Å². The summed E-state index contributed by atoms with van der Waals surface area (Å²) in [5.74, 6) is -0.437. The van der Waals surface area contributed by atoms with Crippen molar-refractivity contribution in [1.82, 2.24) is 10.3 Å². The van der Waals surface area contributed by atoms with Crippen LogP contribution in [0.5, 0.6) is 0 Å². The molecule has 23 heavy (non-hydrogen) atoms. The monoisotopic (exact) mass is 335 g/mol. The minimum Gasteiger partial charge on any atom is -0.382 e. The Morgan fingerprint density at radius 3 is 2.87 bits per heavy atom. The quantitative estimate of drug-likeness (QED) is 0.871. The number of halogens is 2. The summed E-state index contributed by atoms with van der Waals surface area (Å²) in [4.78, 5) is 15.9. The van der Waals surface area contributed by atoms with Crippen molar-refractivity contribution in [3.8, 4) is 0 Å². The van der Waals surface area contributed by atoms with Gasteiger partial charge in [-0.3, -0.25) is 9.78 Å². The van der Waals surface area contributed by atoms with Crippen molar-refractivity contribution in [1.29, 1.82) is 0 Å². The number of hydrogen-bond acceptors (Lipinski definition) is 3. The summed E-state index contributed by atoms with van der Waals surface area (Å²) >= 11 is 6.03. The third-order valence-corrected chi connectivity index (χ3v) is 4.52. The van der Waals surface area contributed by atoms with Gasteiger partial charge in [0.15, 0.2) is 5.82 Å². The molecule has 1 amide bonds. The van der Waals surface area contributed by atoms with E-state index >= 15 is 0 Å². The summed E-state index contributed by atoms with van der Waals surface area (Å²) in [6.07, 6.45) is 6.28. The van der Waals surface area contributed by atoms with Crippen molar-refractivity contribution < 1.29 is 9.18 Å². The molecule has 2 aromatic rings. The molecule has 0 spiro atoms. The van der Waals surface area contributed by atoms with E-state index in [1.54, 1.807) is 18.2 Å². The maximum absolute atomic E-state index is 14.4. The van der Waals surface area contributed by atoms with E-state index < -0.39 is 5.82 Å². The summed E-state index contributed by atoms with van der Waals surface area (Å²) in [5.41, 5.74) is 0.568. The molecule has 122 valence electrons. The molecule has 2 N–H and O–H groups in total. The summed E-state index contributed by atoms with van der Waals surface area (Å²) in [7, 11) is 0. The molecule has 6 heteroatoms. The number of aromatic nitrogens is 1. The van der Waals surface area contributed by atoms with Crippen molar-refractivity contribution >= 4 is 34.1 Å². The van der Waals surface area contributed by atoms with Crippen molar-refractivity contribution in [3.63, 3.8) is 0 Å². The number of amides is 1. The molecular formula is C17H19ClFN3O. The lowest BCUT2D eigenvalue weighted by atomic mass is 10.2. The molecule has 4 nitrogen and oxygen atoms in total. The molecule has 1 fully saturated rings. The molecule has 0 unspecified atom stereocenters. The second-order valence-electron chi connectivity index (χ2n) is 5.84. The Bertz CT molecular complexity index is 716. The Hall–Kier alpha value is -1.88. The minimum atomic E-state index is -0.443. The number of hydrogen-bond donors (Lipinski definition) is 2. The van der Waals surface area contributed by atoms with Gasteiger partial charge in [-0.15, -0.1) is 0 Å². The van der Waals surface area contributed by atoms with Gasteiger partial charge in [0.1, 0.15) is 5.52 Å². The van der Waals surface area contributed by atoms with E-state index in [4.69, 9.17) is 11.6 Å². The molecule has 0 atom stereocenters. The van der Waals surface area contributed by atoms with Gasteiger partial charge in [-0.2, -0.15) is 0 Å². The number of carbonyl (C=O) groups is 1. The van der Waals surface area contributed by atoms with Gasteiger partial charge in [0.2, 0.25) is 5.91 Å². The predicted molar refractivity (Wildman–Crippen MR) is 90.2 cm³/mol. The fourth-order valence-electron chi connectivity index (χ4n) is 2.97. The number of benzene rings is 1. The van der Waals surface area contributed by atoms with E-state index in [0.717, 1.165) is 12.8 Å². The molecule has 1 aromatic heterocycles. The number of rotatable bonds is 5. The van der Waals surface area contributed by atoms with Crippen molar-refractivity contribution in [2.75, 3.05) is 11.9 Å². The molecular weight excluding hydrogens is 317 g/mol. The smallest absolute Gasteiger partial charge is 0.221 e. The summed E-state index contributed by atoms with van der Waals surface area (Å²) < 4.78 is 14.4. The summed E-state index contributed by atoms with van der Waals surface area (Å²) in [5, 5.41) is 7.02. The van der Waals surface area contributed by atoms with Crippen LogP contribution < -0.4 is 10.6 Å². The van der Waals surface area contributed by atoms with Crippen molar-refractivity contribution in [2.45, 2.75) is 38.1 Å². The standard InChI is InChI=1S/C17H19ClFN3O/c18-13-7-9-21-17-12(13)5-6-14(16(17)19)20-10-8-15(23)22-11-3-1-2-4-11/h5-7,9,11,20H,1-4,8,10H2,(H,22,23). The van der Waals surface area contributed by atoms with Crippen LogP contribution in [0.3, 0.4) is 0 Å². The molecule has 0 radical (unpaired) electrons. The van der Waals surface area contributed by atoms with Crippen LogP contribution in [-0.2, 0) is 4.79 Å². The van der Waals surface area contributed by atoms with Crippen LogP contribution >= 0.6 is 11.6 Å². The fraction of sp³-hybridized carbons (Fsp3) is 0.412. The zero-order valence-corrected chi connectivity index (χ0v) is 13.5. The van der Waals surface area contributed by atoms with Crippen LogP contribution in [0.15, 0.2) is 24.4 Å². The molecule has 1 aliphatic rings. The van der Waals surface area contributed by atoms with E-state index in [1.807, 2.05) is 0 Å². The third-order valence-electron chi connectivity index (χ3n) is 4.19. The number of pyridine rings is 1. The van der Waals surface area contributed by atoms with Crippen LogP contribution in [0.2, 0.25) is 5.02 Å². The number of nitrogens with zero attached hydrogens (tertiary/aromatic N) is 1. The summed E-state index contributed by atoms with van der Waals surface area (Å²) in [6, 6.07) is 5.30. The molecule has 1 aliphatic carbocycles. The first-order valence-corrected chi connectivity index (χ1v) is 8.29. The van der Waals surface area contributed by atoms with E-state index in [2.05, 4.69) is 15.6 Å². The van der Waals surface area contributed by atoms with Gasteiger partial charge in [-0.1, -0.05) is 24.4 Å². The molecule has 0 aliphatic heterocycles. The van der Waals surface area contributed by atoms with Gasteiger partial charge in [-0.05, 0) is 31.0 Å². The third kappa shape index (κ3) is 3.72. The Labute approximate surface area is 139 Å². The first-order chi connectivity index (χ1) is 11.1. The highest BCUT2D eigenvalue weighted by Gasteiger charge is 2.17. The van der Waals surface area contributed by atoms with Crippen LogP contribution in [0.1, 0.15) is 32.1 Å². The lowest BCUT2D eigenvalue weighted by Gasteiger charge is -2.13. The summed E-state index contributed by atoms with van der Waals surface area (Å²) in [6.45, 7) is 0.377. The van der Waals surface area contributed by atoms with Gasteiger partial charge in [0, 0.05) is 30.6 Å². The second-order valence-corrected chi connectivity index (χ2v) is 6.25. The second kappa shape index (κ2) is 7.13. The lowest BCUT2D eigenvalue weighted by molar-refractivity contribution is -0.121. The normalized spacial score (nSPS) is 15.0. The number of fused-ring (bicyclic) bond motifs is 1. The van der Waals surface area contributed by atoms with Gasteiger partial charge in [-0.25, -0.2) is 4.39 Å². The van der Waals surface area contributed by atoms with Crippen LogP contribution in [0.4, 0.5) is 10.1 Å². The SMILES string of the molecule is O=C(CCNc1ccc2c(Cl)ccnc2c1F)NC1CCCC1. The fourth-order valence-corrected chi connectivity index (χ4v) is 3.18. The minimum absolute atomic E-state index is 0.00627. The first kappa shape index (κ1) is 16.0. The Kier molecular flexibility index (Phi) is 4.96. The van der Waals surface area contributed by atoms with Crippen LogP contribution in [0, 0.1) is 5.82 Å². The molecule has 1 saturated carbocycles. The first-order valence-electron chi connectivity index (χ1n) is 7.91. The molecule has 0 bridgehead atoms. The van der Waals surface area contributed by atoms with Gasteiger partial charge < -0.3 is 10.6 Å². The molecule has 3 rings (SSSR count). The Morgan fingerprint density at radius 2 is 2.09 bits per heavy atom. The van der Waals surface area contributed by atoms with E-state index in [0.29, 0.717) is 35.1 Å². The van der Waals surface area contributed by atoms with Gasteiger partial charge in [0.25, 0.3) is 0 Å². The highest BCUT2D eigenvalue weighted by atomic mass is 35.5. The molecule has 0 saturated heterocycles. The average Bonchev–Trinajstić information content (AvgIpc) is 3.03. The predicted octanol–water partition coefficient (Wildman–Crippen LogP) is 3.89. The highest BCUT2D eigenvalue weighted by molar-refractivity contribution is 6.35. The maximum atomic E-state index is 14.4. The molecule has 1 aromatic carbocycles. The van der Waals surface area contributed by atoms with Crippen molar-refractivity contribution in [3.05, 3.63) is 35.2 Å². The van der Waals surface area contributed by atoms with Gasteiger partial charge >= 0.3 is 0 Å². The Balaban J connectivity index is 1.59. The van der Waals surface area contributed by atoms with Crippen LogP contribution in [0.25, 0.3) is 10.9 Å². The van der Waals surface area contributed by atoms with Crippen molar-refractivity contribution in [2.24, 2.45) is 0 Å². The number of carbonyl (C=O) groups excluding carboxylic acids is 1. The topological polar surface area (TPSA) is 54.0 Å². The molecule has 1 heterocycles. The number of anilines is 1. The highest BCUT2D eigenvalue weighted by Crippen LogP contribution is 2.27. The zero-order valence-electron chi connectivity index (χ0n) is 12.7. The lowest BCUT2D eigenvalue weighted by Crippen LogP contribution is -2.33. The largest absolute Gasteiger partial charge is 0.382 e.